The second-order valence-corrected chi connectivity index (χ2v) is 15.8. The number of benzene rings is 8. The lowest BCUT2D eigenvalue weighted by Crippen LogP contribution is -2.15. The van der Waals surface area contributed by atoms with Crippen molar-refractivity contribution in [2.45, 2.75) is 38.5 Å². The van der Waals surface area contributed by atoms with Crippen molar-refractivity contribution in [2.24, 2.45) is 0 Å². The van der Waals surface area contributed by atoms with Crippen LogP contribution in [0, 0.1) is 0 Å². The molecule has 0 aromatic heterocycles. The molecule has 2 aliphatic rings. The quantitative estimate of drug-likeness (QED) is 0.125. The van der Waals surface area contributed by atoms with Gasteiger partial charge in [0, 0.05) is 27.9 Å². The van der Waals surface area contributed by atoms with Crippen LogP contribution < -0.4 is 4.90 Å². The Hall–Kier alpha value is -6.18. The molecule has 1 nitrogen and oxygen atoms in total. The van der Waals surface area contributed by atoms with Gasteiger partial charge in [0.25, 0.3) is 0 Å². The van der Waals surface area contributed by atoms with Crippen LogP contribution in [0.5, 0.6) is 0 Å². The molecule has 0 heterocycles. The van der Waals surface area contributed by atoms with Crippen LogP contribution in [0.2, 0.25) is 0 Å². The number of fused-ring (bicyclic) bond motifs is 3. The van der Waals surface area contributed by atoms with E-state index in [2.05, 4.69) is 209 Å². The highest BCUT2D eigenvalue weighted by molar-refractivity contribution is 6.15. The van der Waals surface area contributed by atoms with Gasteiger partial charge in [0.1, 0.15) is 0 Å². The van der Waals surface area contributed by atoms with Crippen molar-refractivity contribution < 1.29 is 0 Å². The van der Waals surface area contributed by atoms with E-state index >= 15 is 0 Å². The topological polar surface area (TPSA) is 3.24 Å². The first-order valence-electron chi connectivity index (χ1n) is 18.8. The third kappa shape index (κ3) is 4.91. The summed E-state index contributed by atoms with van der Waals surface area (Å²) in [7, 11) is 0. The zero-order valence-electron chi connectivity index (χ0n) is 30.7. The third-order valence-corrected chi connectivity index (χ3v) is 12.0. The fourth-order valence-electron chi connectivity index (χ4n) is 9.16. The van der Waals surface area contributed by atoms with Crippen molar-refractivity contribution in [3.63, 3.8) is 0 Å². The van der Waals surface area contributed by atoms with Crippen LogP contribution in [0.1, 0.15) is 61.1 Å². The van der Waals surface area contributed by atoms with Gasteiger partial charge in [-0.25, -0.2) is 0 Å². The molecule has 10 rings (SSSR count). The molecule has 0 atom stereocenters. The summed E-state index contributed by atoms with van der Waals surface area (Å²) in [5.74, 6) is 0. The van der Waals surface area contributed by atoms with Crippen LogP contribution >= 0.6 is 0 Å². The minimum Gasteiger partial charge on any atom is -0.311 e. The van der Waals surface area contributed by atoms with Gasteiger partial charge in [-0.2, -0.15) is 0 Å². The summed E-state index contributed by atoms with van der Waals surface area (Å²) in [6.45, 7) is 9.49. The third-order valence-electron chi connectivity index (χ3n) is 12.0. The average Bonchev–Trinajstić information content (AvgIpc) is 3.57. The van der Waals surface area contributed by atoms with Gasteiger partial charge < -0.3 is 4.90 Å². The molecule has 0 N–H and O–H groups in total. The van der Waals surface area contributed by atoms with Gasteiger partial charge in [0.05, 0.1) is 0 Å². The minimum atomic E-state index is -0.113. The van der Waals surface area contributed by atoms with Crippen molar-refractivity contribution in [3.05, 3.63) is 197 Å². The highest BCUT2D eigenvalue weighted by Crippen LogP contribution is 2.51. The molecule has 8 aromatic rings. The van der Waals surface area contributed by atoms with Crippen LogP contribution in [-0.4, -0.2) is 0 Å². The highest BCUT2D eigenvalue weighted by atomic mass is 15.1. The summed E-state index contributed by atoms with van der Waals surface area (Å²) in [6.07, 6.45) is 4.59. The van der Waals surface area contributed by atoms with Gasteiger partial charge in [-0.15, -0.1) is 0 Å². The van der Waals surface area contributed by atoms with E-state index in [4.69, 9.17) is 0 Å². The van der Waals surface area contributed by atoms with Gasteiger partial charge in [-0.3, -0.25) is 0 Å². The molecule has 0 fully saturated rings. The molecule has 0 spiro atoms. The van der Waals surface area contributed by atoms with E-state index in [1.54, 1.807) is 0 Å². The molecule has 0 unspecified atom stereocenters. The predicted molar refractivity (Wildman–Crippen MR) is 227 cm³/mol. The van der Waals surface area contributed by atoms with Crippen molar-refractivity contribution in [1.82, 2.24) is 0 Å². The van der Waals surface area contributed by atoms with E-state index in [0.717, 1.165) is 17.1 Å². The van der Waals surface area contributed by atoms with Gasteiger partial charge in [0.2, 0.25) is 0 Å². The Balaban J connectivity index is 0.949. The Morgan fingerprint density at radius 1 is 0.377 bits per heavy atom. The normalized spacial score (nSPS) is 14.6. The van der Waals surface area contributed by atoms with Crippen LogP contribution in [-0.2, 0) is 10.8 Å². The van der Waals surface area contributed by atoms with E-state index in [0.29, 0.717) is 0 Å². The second-order valence-electron chi connectivity index (χ2n) is 15.8. The molecule has 254 valence electrons. The molecule has 1 heteroatoms. The van der Waals surface area contributed by atoms with Crippen LogP contribution in [0.15, 0.2) is 164 Å². The second kappa shape index (κ2) is 11.7. The maximum Gasteiger partial charge on any atom is 0.0462 e. The molecule has 8 aromatic carbocycles. The Bertz CT molecular complexity index is 2710. The van der Waals surface area contributed by atoms with E-state index in [1.807, 2.05) is 0 Å². The van der Waals surface area contributed by atoms with E-state index in [1.165, 1.54) is 77.2 Å². The minimum absolute atomic E-state index is 0.0137. The predicted octanol–water partition coefficient (Wildman–Crippen LogP) is 14.2. The Labute approximate surface area is 312 Å². The number of hydrogen-bond donors (Lipinski definition) is 0. The van der Waals surface area contributed by atoms with Crippen molar-refractivity contribution in [1.29, 1.82) is 0 Å². The molecule has 0 bridgehead atoms. The lowest BCUT2D eigenvalue weighted by molar-refractivity contribution is 0.660. The molecule has 0 aliphatic heterocycles. The monoisotopic (exact) mass is 679 g/mol. The Morgan fingerprint density at radius 3 is 1.64 bits per heavy atom. The van der Waals surface area contributed by atoms with Crippen molar-refractivity contribution >= 4 is 50.8 Å². The van der Waals surface area contributed by atoms with Gasteiger partial charge >= 0.3 is 0 Å². The summed E-state index contributed by atoms with van der Waals surface area (Å²) >= 11 is 0. The van der Waals surface area contributed by atoms with E-state index in [9.17, 15) is 0 Å². The first-order valence-corrected chi connectivity index (χ1v) is 18.8. The van der Waals surface area contributed by atoms with Crippen molar-refractivity contribution in [3.8, 4) is 22.3 Å². The maximum absolute atomic E-state index is 2.42. The van der Waals surface area contributed by atoms with Crippen LogP contribution in [0.3, 0.4) is 0 Å². The first kappa shape index (κ1) is 31.5. The largest absolute Gasteiger partial charge is 0.311 e. The number of hydrogen-bond acceptors (Lipinski definition) is 1. The molecule has 53 heavy (non-hydrogen) atoms. The summed E-state index contributed by atoms with van der Waals surface area (Å²) in [4.78, 5) is 2.31. The first-order chi connectivity index (χ1) is 25.8. The summed E-state index contributed by atoms with van der Waals surface area (Å²) in [6, 6.07) is 60.3. The van der Waals surface area contributed by atoms with Crippen molar-refractivity contribution in [2.75, 3.05) is 4.90 Å². The lowest BCUT2D eigenvalue weighted by Gasteiger charge is -2.25. The summed E-state index contributed by atoms with van der Waals surface area (Å²) in [5, 5.41) is 5.52. The summed E-state index contributed by atoms with van der Waals surface area (Å²) in [5.41, 5.74) is 16.6. The zero-order chi connectivity index (χ0) is 35.9. The lowest BCUT2D eigenvalue weighted by atomic mass is 9.81. The number of rotatable bonds is 6. The molecule has 0 saturated carbocycles. The van der Waals surface area contributed by atoms with Crippen LogP contribution in [0.4, 0.5) is 17.1 Å². The van der Waals surface area contributed by atoms with Gasteiger partial charge in [-0.05, 0) is 126 Å². The SMILES string of the molecule is CC1(C)c2cc(C=Cc3cc4c5c(ccc6cccc(c65)C4(C)C)c3)ccc2-c2ccc(-c3ccc(N(c4ccccc4)c4ccccc4)cc3)cc21. The smallest absolute Gasteiger partial charge is 0.0462 e. The van der Waals surface area contributed by atoms with Crippen LogP contribution in [0.25, 0.3) is 56.0 Å². The number of para-hydroxylation sites is 2. The fourth-order valence-corrected chi connectivity index (χ4v) is 9.16. The molecular formula is C52H41N. The zero-order valence-corrected chi connectivity index (χ0v) is 30.7. The molecule has 0 amide bonds. The molecule has 0 radical (unpaired) electrons. The molecule has 0 saturated heterocycles. The average molecular weight is 680 g/mol. The Kier molecular flexibility index (Phi) is 6.94. The van der Waals surface area contributed by atoms with E-state index < -0.39 is 0 Å². The van der Waals surface area contributed by atoms with Gasteiger partial charge in [-0.1, -0.05) is 155 Å². The maximum atomic E-state index is 2.42. The number of anilines is 3. The van der Waals surface area contributed by atoms with E-state index in [-0.39, 0.29) is 10.8 Å². The number of nitrogens with zero attached hydrogens (tertiary/aromatic N) is 1. The van der Waals surface area contributed by atoms with Gasteiger partial charge in [0.15, 0.2) is 0 Å². The summed E-state index contributed by atoms with van der Waals surface area (Å²) < 4.78 is 0. The standard InChI is InChI=1S/C52H41N/c1-51(2)45-17-11-12-37-21-22-39-30-35(32-48(51)50(39)49(37)45)19-18-34-20-28-43-44-29-25-38(33-47(44)52(3,4)46(43)31-34)36-23-26-42(27-24-36)53(40-13-7-5-8-14-40)41-15-9-6-10-16-41/h5-33H,1-4H3. The molecular weight excluding hydrogens is 639 g/mol. The molecule has 2 aliphatic carbocycles. The Morgan fingerprint density at radius 2 is 0.925 bits per heavy atom. The fraction of sp³-hybridized carbons (Fsp3) is 0.115. The highest BCUT2D eigenvalue weighted by Gasteiger charge is 2.36.